The monoisotopic (exact) mass is 371 g/mol. The van der Waals surface area contributed by atoms with E-state index in [0.29, 0.717) is 5.56 Å². The van der Waals surface area contributed by atoms with E-state index in [4.69, 9.17) is 5.73 Å². The maximum absolute atomic E-state index is 12.8. The number of rotatable bonds is 8. The van der Waals surface area contributed by atoms with Crippen LogP contribution in [0, 0.1) is 6.92 Å². The van der Waals surface area contributed by atoms with Crippen molar-refractivity contribution in [2.45, 2.75) is 31.7 Å². The molecule has 9 nitrogen and oxygen atoms in total. The van der Waals surface area contributed by atoms with Crippen molar-refractivity contribution < 1.29 is 27.9 Å². The zero-order valence-electron chi connectivity index (χ0n) is 14.1. The van der Waals surface area contributed by atoms with Crippen molar-refractivity contribution in [1.29, 1.82) is 0 Å². The lowest BCUT2D eigenvalue weighted by Crippen LogP contribution is -2.46. The Labute approximate surface area is 145 Å². The van der Waals surface area contributed by atoms with Crippen LogP contribution in [-0.2, 0) is 19.6 Å². The number of primary amides is 1. The van der Waals surface area contributed by atoms with E-state index in [9.17, 15) is 27.9 Å². The Morgan fingerprint density at radius 1 is 1.32 bits per heavy atom. The minimum absolute atomic E-state index is 0.0332. The molecule has 138 valence electrons. The first-order valence-corrected chi connectivity index (χ1v) is 8.82. The summed E-state index contributed by atoms with van der Waals surface area (Å²) in [7, 11) is -4.22. The summed E-state index contributed by atoms with van der Waals surface area (Å²) in [5, 5.41) is 11.6. The van der Waals surface area contributed by atoms with Gasteiger partial charge in [0.1, 0.15) is 6.04 Å². The van der Waals surface area contributed by atoms with Gasteiger partial charge in [-0.1, -0.05) is 6.07 Å². The number of aliphatic carboxylic acids is 1. The molecule has 0 heterocycles. The zero-order chi connectivity index (χ0) is 19.4. The molecule has 0 radical (unpaired) electrons. The molecule has 0 aliphatic heterocycles. The van der Waals surface area contributed by atoms with Gasteiger partial charge in [0.2, 0.25) is 21.8 Å². The lowest BCUT2D eigenvalue weighted by Gasteiger charge is -2.26. The first-order valence-electron chi connectivity index (χ1n) is 7.38. The number of nitrogens with zero attached hydrogens (tertiary/aromatic N) is 1. The second kappa shape index (κ2) is 8.08. The standard InChI is InChI=1S/C15H21N3O6S/c1-9-4-5-12(8-13(9)14(16)20)25(23,24)18(10(2)15(21)22)7-6-17-11(3)19/h4-5,8,10H,6-7H2,1-3H3,(H2,16,20)(H,17,19)(H,21,22). The Balaban J connectivity index is 3.30. The van der Waals surface area contributed by atoms with Crippen LogP contribution in [0.3, 0.4) is 0 Å². The summed E-state index contributed by atoms with van der Waals surface area (Å²) in [5.74, 6) is -2.49. The summed E-state index contributed by atoms with van der Waals surface area (Å²) in [6.45, 7) is 3.79. The molecule has 0 aliphatic carbocycles. The fourth-order valence-electron chi connectivity index (χ4n) is 2.15. The second-order valence-electron chi connectivity index (χ2n) is 5.45. The number of sulfonamides is 1. The van der Waals surface area contributed by atoms with E-state index in [1.54, 1.807) is 6.92 Å². The quantitative estimate of drug-likeness (QED) is 0.571. The molecule has 0 aliphatic rings. The van der Waals surface area contributed by atoms with Gasteiger partial charge in [-0.05, 0) is 31.5 Å². The van der Waals surface area contributed by atoms with E-state index in [1.165, 1.54) is 26.0 Å². The molecule has 25 heavy (non-hydrogen) atoms. The van der Waals surface area contributed by atoms with Gasteiger partial charge < -0.3 is 16.2 Å². The van der Waals surface area contributed by atoms with Crippen LogP contribution in [0.2, 0.25) is 0 Å². The Bertz CT molecular complexity index is 790. The lowest BCUT2D eigenvalue weighted by molar-refractivity contribution is -0.140. The molecule has 0 aromatic heterocycles. The van der Waals surface area contributed by atoms with Crippen LogP contribution in [0.4, 0.5) is 0 Å². The number of carbonyl (C=O) groups excluding carboxylic acids is 2. The van der Waals surface area contributed by atoms with Crippen LogP contribution in [0.15, 0.2) is 23.1 Å². The molecule has 1 rings (SSSR count). The highest BCUT2D eigenvalue weighted by molar-refractivity contribution is 7.89. The third-order valence-electron chi connectivity index (χ3n) is 3.58. The number of hydrogen-bond acceptors (Lipinski definition) is 5. The fraction of sp³-hybridized carbons (Fsp3) is 0.400. The normalized spacial score (nSPS) is 12.6. The number of carboxylic acids is 1. The summed E-state index contributed by atoms with van der Waals surface area (Å²) in [5.41, 5.74) is 5.77. The topological polar surface area (TPSA) is 147 Å². The molecule has 1 aromatic rings. The van der Waals surface area contributed by atoms with E-state index in [0.717, 1.165) is 10.4 Å². The highest BCUT2D eigenvalue weighted by atomic mass is 32.2. The molecule has 2 amide bonds. The van der Waals surface area contributed by atoms with Crippen molar-refractivity contribution in [2.24, 2.45) is 5.73 Å². The van der Waals surface area contributed by atoms with Crippen LogP contribution in [-0.4, -0.2) is 54.7 Å². The molecular formula is C15H21N3O6S. The zero-order valence-corrected chi connectivity index (χ0v) is 15.0. The van der Waals surface area contributed by atoms with Gasteiger partial charge in [0, 0.05) is 25.6 Å². The van der Waals surface area contributed by atoms with Crippen molar-refractivity contribution in [2.75, 3.05) is 13.1 Å². The molecule has 0 spiro atoms. The Morgan fingerprint density at radius 3 is 2.40 bits per heavy atom. The average Bonchev–Trinajstić information content (AvgIpc) is 2.50. The highest BCUT2D eigenvalue weighted by Gasteiger charge is 2.33. The largest absolute Gasteiger partial charge is 0.480 e. The number of benzene rings is 1. The van der Waals surface area contributed by atoms with Crippen molar-refractivity contribution in [3.63, 3.8) is 0 Å². The minimum Gasteiger partial charge on any atom is -0.480 e. The lowest BCUT2D eigenvalue weighted by atomic mass is 10.1. The van der Waals surface area contributed by atoms with Crippen LogP contribution in [0.5, 0.6) is 0 Å². The van der Waals surface area contributed by atoms with E-state index in [1.807, 2.05) is 0 Å². The summed E-state index contributed by atoms with van der Waals surface area (Å²) in [6, 6.07) is 2.45. The molecule has 0 fully saturated rings. The smallest absolute Gasteiger partial charge is 0.321 e. The second-order valence-corrected chi connectivity index (χ2v) is 7.34. The molecular weight excluding hydrogens is 350 g/mol. The van der Waals surface area contributed by atoms with E-state index in [-0.39, 0.29) is 29.5 Å². The van der Waals surface area contributed by atoms with E-state index >= 15 is 0 Å². The van der Waals surface area contributed by atoms with Crippen LogP contribution >= 0.6 is 0 Å². The summed E-state index contributed by atoms with van der Waals surface area (Å²) in [4.78, 5) is 33.4. The third-order valence-corrected chi connectivity index (χ3v) is 5.54. The molecule has 10 heteroatoms. The number of amides is 2. The van der Waals surface area contributed by atoms with Crippen molar-refractivity contribution >= 4 is 27.8 Å². The molecule has 0 bridgehead atoms. The number of hydrogen-bond donors (Lipinski definition) is 3. The summed E-state index contributed by atoms with van der Waals surface area (Å²) < 4.78 is 26.4. The fourth-order valence-corrected chi connectivity index (χ4v) is 3.77. The molecule has 1 unspecified atom stereocenters. The van der Waals surface area contributed by atoms with Gasteiger partial charge >= 0.3 is 5.97 Å². The molecule has 4 N–H and O–H groups in total. The van der Waals surface area contributed by atoms with Gasteiger partial charge in [-0.25, -0.2) is 8.42 Å². The Kier molecular flexibility index (Phi) is 6.65. The molecule has 0 saturated heterocycles. The number of aryl methyl sites for hydroxylation is 1. The summed E-state index contributed by atoms with van der Waals surface area (Å²) in [6.07, 6.45) is 0. The van der Waals surface area contributed by atoms with Gasteiger partial charge in [-0.15, -0.1) is 0 Å². The first-order chi connectivity index (χ1) is 11.5. The molecule has 1 atom stereocenters. The Morgan fingerprint density at radius 2 is 1.92 bits per heavy atom. The SMILES string of the molecule is CC(=O)NCCN(C(C)C(=O)O)S(=O)(=O)c1ccc(C)c(C(N)=O)c1. The van der Waals surface area contributed by atoms with E-state index in [2.05, 4.69) is 5.32 Å². The Hall–Kier alpha value is -2.46. The number of carboxylic acid groups (broad SMARTS) is 1. The van der Waals surface area contributed by atoms with Crippen LogP contribution in [0.25, 0.3) is 0 Å². The van der Waals surface area contributed by atoms with Gasteiger partial charge in [0.25, 0.3) is 0 Å². The molecule has 1 aromatic carbocycles. The maximum atomic E-state index is 12.8. The predicted octanol–water partition coefficient (Wildman–Crippen LogP) is -0.306. The van der Waals surface area contributed by atoms with Crippen LogP contribution in [0.1, 0.15) is 29.8 Å². The van der Waals surface area contributed by atoms with Crippen molar-refractivity contribution in [3.8, 4) is 0 Å². The third kappa shape index (κ3) is 5.00. The van der Waals surface area contributed by atoms with Gasteiger partial charge in [0.05, 0.1) is 4.90 Å². The maximum Gasteiger partial charge on any atom is 0.321 e. The first kappa shape index (κ1) is 20.6. The number of nitrogens with two attached hydrogens (primary N) is 1. The predicted molar refractivity (Wildman–Crippen MR) is 89.4 cm³/mol. The average molecular weight is 371 g/mol. The van der Waals surface area contributed by atoms with Gasteiger partial charge in [-0.2, -0.15) is 4.31 Å². The van der Waals surface area contributed by atoms with E-state index < -0.39 is 27.9 Å². The van der Waals surface area contributed by atoms with Crippen molar-refractivity contribution in [1.82, 2.24) is 9.62 Å². The number of carbonyl (C=O) groups is 3. The number of nitrogens with one attached hydrogen (secondary N) is 1. The minimum atomic E-state index is -4.22. The summed E-state index contributed by atoms with van der Waals surface area (Å²) >= 11 is 0. The van der Waals surface area contributed by atoms with Gasteiger partial charge in [-0.3, -0.25) is 14.4 Å². The molecule has 0 saturated carbocycles. The highest BCUT2D eigenvalue weighted by Crippen LogP contribution is 2.21. The van der Waals surface area contributed by atoms with Crippen molar-refractivity contribution in [3.05, 3.63) is 29.3 Å². The van der Waals surface area contributed by atoms with Crippen LogP contribution < -0.4 is 11.1 Å². The van der Waals surface area contributed by atoms with Gasteiger partial charge in [0.15, 0.2) is 0 Å².